The second kappa shape index (κ2) is 11.5. The number of carbonyl (C=O) groups excluding carboxylic acids is 1. The van der Waals surface area contributed by atoms with Gasteiger partial charge >= 0.3 is 6.03 Å². The topological polar surface area (TPSA) is 118 Å². The first-order valence-corrected chi connectivity index (χ1v) is 14.1. The Bertz CT molecular complexity index is 1570. The summed E-state index contributed by atoms with van der Waals surface area (Å²) in [6, 6.07) is 17.5. The largest absolute Gasteiger partial charge is 0.399 e. The van der Waals surface area contributed by atoms with Gasteiger partial charge < -0.3 is 26.3 Å². The van der Waals surface area contributed by atoms with Gasteiger partial charge in [0.1, 0.15) is 5.82 Å². The van der Waals surface area contributed by atoms with Crippen molar-refractivity contribution in [1.82, 2.24) is 24.3 Å². The Labute approximate surface area is 240 Å². The minimum atomic E-state index is -0.0981. The third-order valence-corrected chi connectivity index (χ3v) is 8.08. The van der Waals surface area contributed by atoms with Crippen molar-refractivity contribution >= 4 is 34.7 Å². The van der Waals surface area contributed by atoms with Crippen molar-refractivity contribution in [3.63, 3.8) is 0 Å². The fourth-order valence-corrected chi connectivity index (χ4v) is 5.89. The number of rotatable bonds is 6. The first-order valence-electron chi connectivity index (χ1n) is 14.1. The van der Waals surface area contributed by atoms with Gasteiger partial charge in [-0.2, -0.15) is 0 Å². The summed E-state index contributed by atoms with van der Waals surface area (Å²) in [6.45, 7) is 5.64. The molecule has 1 aliphatic carbocycles. The molecule has 1 aliphatic heterocycles. The van der Waals surface area contributed by atoms with Crippen LogP contribution in [0.15, 0.2) is 73.2 Å². The Morgan fingerprint density at radius 2 is 1.76 bits per heavy atom. The van der Waals surface area contributed by atoms with Gasteiger partial charge in [-0.3, -0.25) is 9.88 Å². The van der Waals surface area contributed by atoms with Crippen molar-refractivity contribution in [3.05, 3.63) is 101 Å². The van der Waals surface area contributed by atoms with Crippen molar-refractivity contribution < 1.29 is 4.79 Å². The van der Waals surface area contributed by atoms with Crippen LogP contribution in [0.3, 0.4) is 0 Å². The first-order chi connectivity index (χ1) is 20.0. The number of nitrogens with zero attached hydrogens (tertiary/aromatic N) is 5. The second-order valence-corrected chi connectivity index (χ2v) is 10.7. The number of anilines is 3. The molecule has 9 nitrogen and oxygen atoms in total. The fraction of sp³-hybridized carbons (Fsp3) is 0.281. The normalized spacial score (nSPS) is 16.9. The number of hydrogen-bond donors (Lipinski definition) is 3. The second-order valence-electron chi connectivity index (χ2n) is 10.7. The maximum Gasteiger partial charge on any atom is 0.321 e. The average molecular weight is 549 g/mol. The van der Waals surface area contributed by atoms with Crippen molar-refractivity contribution in [2.24, 2.45) is 0 Å². The maximum atomic E-state index is 13.0. The molecule has 6 rings (SSSR count). The number of allylic oxidation sites excluding steroid dienone is 1. The number of hydrogen-bond acceptors (Lipinski definition) is 6. The van der Waals surface area contributed by atoms with Gasteiger partial charge in [-0.15, -0.1) is 0 Å². The number of benzene rings is 2. The Morgan fingerprint density at radius 1 is 0.976 bits per heavy atom. The summed E-state index contributed by atoms with van der Waals surface area (Å²) in [5, 5.41) is 2.99. The third kappa shape index (κ3) is 5.67. The van der Waals surface area contributed by atoms with Crippen LogP contribution >= 0.6 is 0 Å². The van der Waals surface area contributed by atoms with Crippen LogP contribution in [0.4, 0.5) is 21.9 Å². The van der Waals surface area contributed by atoms with E-state index in [4.69, 9.17) is 16.5 Å². The van der Waals surface area contributed by atoms with E-state index in [0.29, 0.717) is 18.8 Å². The number of amides is 2. The predicted molar refractivity (Wildman–Crippen MR) is 164 cm³/mol. The number of aromatic nitrogens is 3. The molecule has 2 aromatic heterocycles. The zero-order valence-corrected chi connectivity index (χ0v) is 23.3. The lowest BCUT2D eigenvalue weighted by atomic mass is 9.91. The smallest absolute Gasteiger partial charge is 0.321 e. The molecule has 1 fully saturated rings. The lowest BCUT2D eigenvalue weighted by Crippen LogP contribution is -2.51. The van der Waals surface area contributed by atoms with Gasteiger partial charge in [0.2, 0.25) is 0 Å². The van der Waals surface area contributed by atoms with Gasteiger partial charge in [-0.25, -0.2) is 9.78 Å². The number of carbonyl (C=O) groups is 1. The molecular formula is C32H36N8O. The first kappa shape index (κ1) is 26.6. The lowest BCUT2D eigenvalue weighted by molar-refractivity contribution is 0.125. The fourth-order valence-electron chi connectivity index (χ4n) is 5.89. The van der Waals surface area contributed by atoms with E-state index in [-0.39, 0.29) is 12.1 Å². The molecule has 0 saturated carbocycles. The molecule has 0 bridgehead atoms. The summed E-state index contributed by atoms with van der Waals surface area (Å²) >= 11 is 0. The summed E-state index contributed by atoms with van der Waals surface area (Å²) in [5.74, 6) is 1.03. The summed E-state index contributed by atoms with van der Waals surface area (Å²) in [6.07, 6.45) is 9.95. The number of nitrogens with two attached hydrogens (primary N) is 2. The molecule has 41 heavy (non-hydrogen) atoms. The highest BCUT2D eigenvalue weighted by molar-refractivity contribution is 5.89. The Hall–Kier alpha value is -4.63. The van der Waals surface area contributed by atoms with Gasteiger partial charge in [-0.05, 0) is 90.6 Å². The molecule has 3 heterocycles. The third-order valence-electron chi connectivity index (χ3n) is 8.08. The lowest BCUT2D eigenvalue weighted by Gasteiger charge is -2.39. The van der Waals surface area contributed by atoms with Gasteiger partial charge in [0.05, 0.1) is 11.7 Å². The van der Waals surface area contributed by atoms with Crippen molar-refractivity contribution in [1.29, 1.82) is 0 Å². The number of nitrogen functional groups attached to an aromatic ring is 2. The Balaban J connectivity index is 1.24. The Morgan fingerprint density at radius 3 is 2.51 bits per heavy atom. The standard InChI is InChI=1S/C32H36N8O/c1-22-35-13-15-38(22)14-3-5-23-20-24-4-2-12-36-30(24)31(28-11-8-26(34)21-29(23)28)39-16-18-40(19-17-39)32(41)37-27-9-6-25(33)7-10-27/h2,4,6-13,15,20-21,31H,3,5,14,16-19,33-34H2,1H3,(H,37,41). The monoisotopic (exact) mass is 548 g/mol. The predicted octanol–water partition coefficient (Wildman–Crippen LogP) is 5.02. The van der Waals surface area contributed by atoms with Crippen LogP contribution in [0.25, 0.3) is 11.6 Å². The number of pyridine rings is 1. The molecular weight excluding hydrogens is 512 g/mol. The van der Waals surface area contributed by atoms with Crippen molar-refractivity contribution in [2.75, 3.05) is 43.0 Å². The van der Waals surface area contributed by atoms with E-state index < -0.39 is 0 Å². The highest BCUT2D eigenvalue weighted by atomic mass is 16.2. The number of aryl methyl sites for hydroxylation is 2. The average Bonchev–Trinajstić information content (AvgIpc) is 3.33. The molecule has 1 atom stereocenters. The molecule has 9 heteroatoms. The molecule has 2 aliphatic rings. The molecule has 2 aromatic carbocycles. The van der Waals surface area contributed by atoms with Crippen molar-refractivity contribution in [3.8, 4) is 0 Å². The number of fused-ring (bicyclic) bond motifs is 2. The van der Waals surface area contributed by atoms with Crippen LogP contribution in [0, 0.1) is 6.92 Å². The number of urea groups is 1. The molecule has 210 valence electrons. The molecule has 1 unspecified atom stereocenters. The molecule has 5 N–H and O–H groups in total. The molecule has 0 spiro atoms. The molecule has 2 amide bonds. The van der Waals surface area contributed by atoms with E-state index in [2.05, 4.69) is 44.0 Å². The number of nitrogens with one attached hydrogen (secondary N) is 1. The Kier molecular flexibility index (Phi) is 7.43. The van der Waals surface area contributed by atoms with E-state index in [1.54, 1.807) is 12.1 Å². The van der Waals surface area contributed by atoms with Crippen LogP contribution in [-0.4, -0.2) is 56.5 Å². The van der Waals surface area contributed by atoms with Crippen LogP contribution in [-0.2, 0) is 6.54 Å². The van der Waals surface area contributed by atoms with Gasteiger partial charge in [0.15, 0.2) is 0 Å². The van der Waals surface area contributed by atoms with Crippen LogP contribution in [0.1, 0.15) is 47.1 Å². The van der Waals surface area contributed by atoms with Crippen LogP contribution < -0.4 is 16.8 Å². The molecule has 0 radical (unpaired) electrons. The number of imidazole rings is 1. The van der Waals surface area contributed by atoms with Crippen LogP contribution in [0.5, 0.6) is 0 Å². The van der Waals surface area contributed by atoms with Crippen molar-refractivity contribution in [2.45, 2.75) is 32.4 Å². The van der Waals surface area contributed by atoms with E-state index in [0.717, 1.165) is 60.9 Å². The number of piperazine rings is 1. The zero-order chi connectivity index (χ0) is 28.3. The van der Waals surface area contributed by atoms with E-state index in [1.807, 2.05) is 54.7 Å². The zero-order valence-electron chi connectivity index (χ0n) is 23.3. The van der Waals surface area contributed by atoms with Gasteiger partial charge in [0.25, 0.3) is 0 Å². The minimum absolute atomic E-state index is 0.0336. The van der Waals surface area contributed by atoms with Gasteiger partial charge in [0, 0.05) is 68.4 Å². The molecule has 4 aromatic rings. The van der Waals surface area contributed by atoms with E-state index in [1.165, 1.54) is 16.7 Å². The summed E-state index contributed by atoms with van der Waals surface area (Å²) < 4.78 is 2.19. The molecule has 1 saturated heterocycles. The summed E-state index contributed by atoms with van der Waals surface area (Å²) in [4.78, 5) is 26.6. The summed E-state index contributed by atoms with van der Waals surface area (Å²) in [7, 11) is 0. The minimum Gasteiger partial charge on any atom is -0.399 e. The quantitative estimate of drug-likeness (QED) is 0.291. The van der Waals surface area contributed by atoms with E-state index >= 15 is 0 Å². The van der Waals surface area contributed by atoms with Gasteiger partial charge in [-0.1, -0.05) is 12.1 Å². The summed E-state index contributed by atoms with van der Waals surface area (Å²) in [5.41, 5.74) is 20.1. The van der Waals surface area contributed by atoms with E-state index in [9.17, 15) is 4.79 Å². The SMILES string of the molecule is Cc1nccn1CCCC1=Cc2cccnc2C(N2CCN(C(=O)Nc3ccc(N)cc3)CC2)c2ccc(N)cc21. The maximum absolute atomic E-state index is 13.0. The highest BCUT2D eigenvalue weighted by Gasteiger charge is 2.33. The highest BCUT2D eigenvalue weighted by Crippen LogP contribution is 2.41. The van der Waals surface area contributed by atoms with Crippen LogP contribution in [0.2, 0.25) is 0 Å².